The molecule has 0 saturated carbocycles. The first-order chi connectivity index (χ1) is 15.1. The number of nitrogens with zero attached hydrogens (tertiary/aromatic N) is 1. The second kappa shape index (κ2) is 10.9. The first kappa shape index (κ1) is 28.5. The minimum Gasteiger partial charge on any atom is -0.393 e. The molecule has 19 heteroatoms. The Bertz CT molecular complexity index is 799. The van der Waals surface area contributed by atoms with Crippen LogP contribution < -0.4 is 11.1 Å². The SMILES string of the molecule is C[C@](O)(CO)[C@H](O)COP(=O)(O)OP(=O)(O)OC[C@H]1O[C@@H](N2CC=C(N)N[C@@H]2O)[C@H](O)[C@@H]1O. The highest BCUT2D eigenvalue weighted by molar-refractivity contribution is 7.61. The van der Waals surface area contributed by atoms with E-state index in [0.717, 1.165) is 6.92 Å². The van der Waals surface area contributed by atoms with Gasteiger partial charge in [-0.3, -0.25) is 9.05 Å². The highest BCUT2D eigenvalue weighted by Crippen LogP contribution is 2.60. The molecule has 0 aliphatic carbocycles. The normalized spacial score (nSPS) is 35.1. The third-order valence-corrected chi connectivity index (χ3v) is 7.44. The van der Waals surface area contributed by atoms with E-state index in [0.29, 0.717) is 0 Å². The van der Waals surface area contributed by atoms with E-state index >= 15 is 0 Å². The summed E-state index contributed by atoms with van der Waals surface area (Å²) < 4.78 is 42.2. The quantitative estimate of drug-likeness (QED) is 0.114. The Kier molecular flexibility index (Phi) is 9.42. The van der Waals surface area contributed by atoms with Crippen LogP contribution in [0.2, 0.25) is 0 Å². The lowest BCUT2D eigenvalue weighted by atomic mass is 10.0. The summed E-state index contributed by atoms with van der Waals surface area (Å²) >= 11 is 0. The molecule has 2 heterocycles. The Morgan fingerprint density at radius 2 is 1.88 bits per heavy atom. The molecule has 0 radical (unpaired) electrons. The number of hydrogen-bond acceptors (Lipinski definition) is 15. The first-order valence-electron chi connectivity index (χ1n) is 9.43. The number of aliphatic hydroxyl groups is 6. The van der Waals surface area contributed by atoms with Crippen molar-refractivity contribution in [3.8, 4) is 0 Å². The second-order valence-electron chi connectivity index (χ2n) is 7.56. The molecule has 2 unspecified atom stereocenters. The van der Waals surface area contributed by atoms with Crippen molar-refractivity contribution in [2.45, 2.75) is 49.5 Å². The van der Waals surface area contributed by atoms with Crippen LogP contribution in [-0.4, -0.2) is 114 Å². The molecule has 2 aliphatic heterocycles. The maximum atomic E-state index is 12.0. The number of nitrogens with one attached hydrogen (secondary N) is 1. The first-order valence-corrected chi connectivity index (χ1v) is 12.4. The van der Waals surface area contributed by atoms with Crippen molar-refractivity contribution in [1.29, 1.82) is 0 Å². The second-order valence-corrected chi connectivity index (χ2v) is 10.6. The predicted molar refractivity (Wildman–Crippen MR) is 105 cm³/mol. The topological polar surface area (TPSA) is 274 Å². The molecule has 0 aromatic carbocycles. The zero-order valence-electron chi connectivity index (χ0n) is 17.3. The lowest BCUT2D eigenvalue weighted by Crippen LogP contribution is -2.57. The summed E-state index contributed by atoms with van der Waals surface area (Å²) in [6.45, 7) is -1.82. The Morgan fingerprint density at radius 3 is 2.45 bits per heavy atom. The zero-order valence-corrected chi connectivity index (χ0v) is 19.1. The van der Waals surface area contributed by atoms with Gasteiger partial charge in [0.2, 0.25) is 0 Å². The average Bonchev–Trinajstić information content (AvgIpc) is 2.98. The van der Waals surface area contributed by atoms with Crippen LogP contribution in [0.1, 0.15) is 6.92 Å². The van der Waals surface area contributed by atoms with Gasteiger partial charge in [-0.15, -0.1) is 0 Å². The highest BCUT2D eigenvalue weighted by atomic mass is 31.3. The molecule has 33 heavy (non-hydrogen) atoms. The van der Waals surface area contributed by atoms with Crippen LogP contribution in [0.4, 0.5) is 0 Å². The van der Waals surface area contributed by atoms with Crippen LogP contribution in [0.5, 0.6) is 0 Å². The fourth-order valence-electron chi connectivity index (χ4n) is 2.77. The van der Waals surface area contributed by atoms with Gasteiger partial charge < -0.3 is 56.2 Å². The van der Waals surface area contributed by atoms with Crippen molar-refractivity contribution in [2.24, 2.45) is 5.73 Å². The Labute approximate surface area is 187 Å². The minimum atomic E-state index is -5.30. The molecule has 0 amide bonds. The summed E-state index contributed by atoms with van der Waals surface area (Å²) in [5, 5.41) is 60.9. The average molecular weight is 525 g/mol. The van der Waals surface area contributed by atoms with E-state index in [1.807, 2.05) is 0 Å². The fourth-order valence-corrected chi connectivity index (χ4v) is 4.86. The Hall–Kier alpha value is -0.720. The molecular formula is C14H29N3O14P2. The fraction of sp³-hybridized carbons (Fsp3) is 0.857. The van der Waals surface area contributed by atoms with E-state index in [1.54, 1.807) is 0 Å². The maximum absolute atomic E-state index is 12.0. The summed E-state index contributed by atoms with van der Waals surface area (Å²) in [6.07, 6.45) is -7.65. The Balaban J connectivity index is 1.91. The highest BCUT2D eigenvalue weighted by Gasteiger charge is 2.48. The maximum Gasteiger partial charge on any atom is 0.481 e. The van der Waals surface area contributed by atoms with Gasteiger partial charge in [0.25, 0.3) is 0 Å². The van der Waals surface area contributed by atoms with Crippen LogP contribution in [0.25, 0.3) is 0 Å². The molecule has 0 aromatic heterocycles. The molecule has 2 aliphatic rings. The van der Waals surface area contributed by atoms with E-state index in [-0.39, 0.29) is 12.4 Å². The van der Waals surface area contributed by atoms with E-state index in [9.17, 15) is 44.4 Å². The summed E-state index contributed by atoms with van der Waals surface area (Å²) in [5.74, 6) is 0.174. The van der Waals surface area contributed by atoms with Gasteiger partial charge in [0, 0.05) is 6.54 Å². The number of phosphoric ester groups is 2. The van der Waals surface area contributed by atoms with Gasteiger partial charge in [-0.2, -0.15) is 4.31 Å². The van der Waals surface area contributed by atoms with Gasteiger partial charge in [0.15, 0.2) is 6.35 Å². The van der Waals surface area contributed by atoms with Crippen LogP contribution in [0.3, 0.4) is 0 Å². The third kappa shape index (κ3) is 7.63. The number of phosphoric acid groups is 2. The molecule has 9 atom stereocenters. The lowest BCUT2D eigenvalue weighted by molar-refractivity contribution is -0.159. The summed E-state index contributed by atoms with van der Waals surface area (Å²) in [7, 11) is -10.6. The molecular weight excluding hydrogens is 496 g/mol. The predicted octanol–water partition coefficient (Wildman–Crippen LogP) is -4.23. The molecule has 0 aromatic rings. The van der Waals surface area contributed by atoms with E-state index < -0.39 is 78.1 Å². The van der Waals surface area contributed by atoms with Crippen molar-refractivity contribution in [3.05, 3.63) is 11.9 Å². The van der Waals surface area contributed by atoms with Crippen molar-refractivity contribution in [1.82, 2.24) is 10.2 Å². The largest absolute Gasteiger partial charge is 0.481 e. The summed E-state index contributed by atoms with van der Waals surface area (Å²) in [4.78, 5) is 20.4. The van der Waals surface area contributed by atoms with Gasteiger partial charge in [-0.05, 0) is 13.0 Å². The van der Waals surface area contributed by atoms with Gasteiger partial charge in [0.1, 0.15) is 36.2 Å². The zero-order chi connectivity index (χ0) is 25.2. The van der Waals surface area contributed by atoms with E-state index in [4.69, 9.17) is 15.6 Å². The summed E-state index contributed by atoms with van der Waals surface area (Å²) in [5.41, 5.74) is 3.42. The monoisotopic (exact) mass is 525 g/mol. The molecule has 2 rings (SSSR count). The van der Waals surface area contributed by atoms with E-state index in [2.05, 4.69) is 18.7 Å². The molecule has 0 spiro atoms. The van der Waals surface area contributed by atoms with Crippen molar-refractivity contribution in [2.75, 3.05) is 26.4 Å². The number of hydrogen-bond donors (Lipinski definition) is 10. The van der Waals surface area contributed by atoms with Gasteiger partial charge in [-0.25, -0.2) is 14.0 Å². The van der Waals surface area contributed by atoms with Crippen molar-refractivity contribution < 1.29 is 67.7 Å². The molecule has 194 valence electrons. The van der Waals surface area contributed by atoms with Crippen LogP contribution in [0, 0.1) is 0 Å². The molecule has 17 nitrogen and oxygen atoms in total. The lowest BCUT2D eigenvalue weighted by Gasteiger charge is -2.36. The number of rotatable bonds is 11. The van der Waals surface area contributed by atoms with Crippen LogP contribution >= 0.6 is 15.6 Å². The standard InChI is InChI=1S/C14H29N3O14P2/c1-14(23,6-18)8(19)5-29-33(26,27)31-32(24,25)28-4-7-10(20)11(21)12(30-7)17-3-2-9(15)16-13(17)22/h2,7-8,10-13,16,18-23H,3-6,15H2,1H3,(H,24,25)(H,26,27)/t7-,8-,10-,11-,12-,13+,14+/m1/s1. The molecule has 1 fully saturated rings. The van der Waals surface area contributed by atoms with Gasteiger partial charge in [-0.1, -0.05) is 0 Å². The van der Waals surface area contributed by atoms with Crippen LogP contribution in [0.15, 0.2) is 11.9 Å². The van der Waals surface area contributed by atoms with Crippen molar-refractivity contribution >= 4 is 15.6 Å². The Morgan fingerprint density at radius 1 is 1.27 bits per heavy atom. The van der Waals surface area contributed by atoms with Gasteiger partial charge in [0.05, 0.1) is 25.6 Å². The van der Waals surface area contributed by atoms with E-state index in [1.165, 1.54) is 11.0 Å². The van der Waals surface area contributed by atoms with Crippen LogP contribution in [-0.2, 0) is 27.2 Å². The minimum absolute atomic E-state index is 0.0314. The van der Waals surface area contributed by atoms with Crippen molar-refractivity contribution in [3.63, 3.8) is 0 Å². The molecule has 11 N–H and O–H groups in total. The summed E-state index contributed by atoms with van der Waals surface area (Å²) in [6, 6.07) is 0. The number of aliphatic hydroxyl groups excluding tert-OH is 5. The molecule has 0 bridgehead atoms. The smallest absolute Gasteiger partial charge is 0.393 e. The third-order valence-electron chi connectivity index (χ3n) is 4.84. The van der Waals surface area contributed by atoms with Gasteiger partial charge >= 0.3 is 15.6 Å². The number of ether oxygens (including phenoxy) is 1. The molecule has 1 saturated heterocycles. The number of nitrogens with two attached hydrogens (primary N) is 1.